The summed E-state index contributed by atoms with van der Waals surface area (Å²) in [7, 11) is 1.48. The van der Waals surface area contributed by atoms with Crippen molar-refractivity contribution >= 4 is 17.5 Å². The summed E-state index contributed by atoms with van der Waals surface area (Å²) in [5.41, 5.74) is 12.1. The Labute approximate surface area is 129 Å². The van der Waals surface area contributed by atoms with Gasteiger partial charge in [0, 0.05) is 25.4 Å². The number of hydrogen-bond acceptors (Lipinski definition) is 4. The van der Waals surface area contributed by atoms with E-state index in [0.717, 1.165) is 5.57 Å². The number of carbonyl (C=O) groups excluding carboxylic acids is 2. The largest absolute Gasteiger partial charge is 0.351 e. The summed E-state index contributed by atoms with van der Waals surface area (Å²) in [5, 5.41) is 0. The molecule has 0 spiro atoms. The maximum atomic E-state index is 12.5. The predicted molar refractivity (Wildman–Crippen MR) is 87.6 cm³/mol. The first-order chi connectivity index (χ1) is 10.5. The van der Waals surface area contributed by atoms with Gasteiger partial charge in [-0.25, -0.2) is 4.79 Å². The number of primary amides is 1. The van der Waals surface area contributed by atoms with E-state index in [-0.39, 0.29) is 5.78 Å². The molecule has 0 aliphatic rings. The smallest absolute Gasteiger partial charge is 0.319 e. The van der Waals surface area contributed by atoms with Crippen molar-refractivity contribution in [3.05, 3.63) is 60.5 Å². The lowest BCUT2D eigenvalue weighted by Crippen LogP contribution is -2.33. The molecule has 0 saturated carbocycles. The molecule has 0 unspecified atom stereocenters. The first-order valence-corrected chi connectivity index (χ1v) is 6.70. The van der Waals surface area contributed by atoms with Crippen LogP contribution in [0.1, 0.15) is 16.8 Å². The molecule has 0 aliphatic heterocycles. The maximum Gasteiger partial charge on any atom is 0.319 e. The van der Waals surface area contributed by atoms with Gasteiger partial charge in [-0.1, -0.05) is 18.2 Å². The van der Waals surface area contributed by atoms with Crippen LogP contribution in [0.4, 0.5) is 10.5 Å². The third-order valence-electron chi connectivity index (χ3n) is 2.92. The molecule has 1 aromatic rings. The topological polar surface area (TPSA) is 102 Å². The van der Waals surface area contributed by atoms with Gasteiger partial charge in [0.15, 0.2) is 5.78 Å². The van der Waals surface area contributed by atoms with Crippen LogP contribution < -0.4 is 16.4 Å². The number of rotatable bonds is 7. The summed E-state index contributed by atoms with van der Waals surface area (Å²) in [6.07, 6.45) is 10.2. The zero-order valence-electron chi connectivity index (χ0n) is 12.5. The summed E-state index contributed by atoms with van der Waals surface area (Å²) >= 11 is 0. The molecule has 1 aromatic heterocycles. The molecule has 2 amide bonds. The van der Waals surface area contributed by atoms with Gasteiger partial charge in [0.2, 0.25) is 0 Å². The summed E-state index contributed by atoms with van der Waals surface area (Å²) in [6, 6.07) is 0.881. The molecule has 0 fully saturated rings. The number of aromatic nitrogens is 1. The molecule has 0 atom stereocenters. The molecule has 0 aliphatic carbocycles. The first-order valence-electron chi connectivity index (χ1n) is 6.70. The van der Waals surface area contributed by atoms with E-state index in [9.17, 15) is 9.59 Å². The SMILES string of the molecule is C=CCC(=CC(=O)c1ccncc1N(C)C(N)=O)/C=C\CN. The van der Waals surface area contributed by atoms with Gasteiger partial charge >= 0.3 is 6.03 Å². The quantitative estimate of drug-likeness (QED) is 0.347. The summed E-state index contributed by atoms with van der Waals surface area (Å²) in [5.74, 6) is -0.246. The molecule has 116 valence electrons. The normalized spacial score (nSPS) is 11.5. The van der Waals surface area contributed by atoms with Gasteiger partial charge in [0.1, 0.15) is 0 Å². The second-order valence-corrected chi connectivity index (χ2v) is 4.50. The van der Waals surface area contributed by atoms with E-state index in [1.807, 2.05) is 0 Å². The van der Waals surface area contributed by atoms with Gasteiger partial charge in [0.05, 0.1) is 11.9 Å². The average molecular weight is 300 g/mol. The molecule has 4 N–H and O–H groups in total. The summed E-state index contributed by atoms with van der Waals surface area (Å²) in [6.45, 7) is 4.04. The van der Waals surface area contributed by atoms with Crippen LogP contribution in [0, 0.1) is 0 Å². The number of amides is 2. The second kappa shape index (κ2) is 8.53. The minimum absolute atomic E-state index is 0.246. The highest BCUT2D eigenvalue weighted by molar-refractivity contribution is 6.10. The molecule has 0 saturated heterocycles. The monoisotopic (exact) mass is 300 g/mol. The Hall–Kier alpha value is -2.73. The van der Waals surface area contributed by atoms with Crippen molar-refractivity contribution < 1.29 is 9.59 Å². The first kappa shape index (κ1) is 17.3. The van der Waals surface area contributed by atoms with Crippen LogP contribution in [0.25, 0.3) is 0 Å². The van der Waals surface area contributed by atoms with Crippen LogP contribution in [-0.4, -0.2) is 30.4 Å². The van der Waals surface area contributed by atoms with Crippen molar-refractivity contribution in [1.29, 1.82) is 0 Å². The second-order valence-electron chi connectivity index (χ2n) is 4.50. The number of carbonyl (C=O) groups is 2. The Bertz CT molecular complexity index is 620. The van der Waals surface area contributed by atoms with Gasteiger partial charge < -0.3 is 11.5 Å². The van der Waals surface area contributed by atoms with Gasteiger partial charge in [-0.05, 0) is 24.1 Å². The van der Waals surface area contributed by atoms with E-state index >= 15 is 0 Å². The number of allylic oxidation sites excluding steroid dienone is 4. The Morgan fingerprint density at radius 1 is 1.45 bits per heavy atom. The van der Waals surface area contributed by atoms with Crippen molar-refractivity contribution in [2.45, 2.75) is 6.42 Å². The Kier molecular flexibility index (Phi) is 6.72. The Balaban J connectivity index is 3.19. The average Bonchev–Trinajstić information content (AvgIpc) is 2.51. The molecular formula is C16H20N4O2. The predicted octanol–water partition coefficient (Wildman–Crippen LogP) is 1.80. The van der Waals surface area contributed by atoms with E-state index in [0.29, 0.717) is 24.2 Å². The number of ketones is 1. The Morgan fingerprint density at radius 2 is 2.18 bits per heavy atom. The minimum Gasteiger partial charge on any atom is -0.351 e. The van der Waals surface area contributed by atoms with Gasteiger partial charge in [-0.2, -0.15) is 0 Å². The van der Waals surface area contributed by atoms with Crippen LogP contribution in [-0.2, 0) is 0 Å². The van der Waals surface area contributed by atoms with Crippen molar-refractivity contribution in [1.82, 2.24) is 4.98 Å². The zero-order chi connectivity index (χ0) is 16.5. The maximum absolute atomic E-state index is 12.5. The van der Waals surface area contributed by atoms with Crippen LogP contribution in [0.15, 0.2) is 54.9 Å². The highest BCUT2D eigenvalue weighted by atomic mass is 16.2. The van der Waals surface area contributed by atoms with E-state index in [1.54, 1.807) is 24.3 Å². The molecule has 22 heavy (non-hydrogen) atoms. The van der Waals surface area contributed by atoms with E-state index in [4.69, 9.17) is 11.5 Å². The number of urea groups is 1. The third-order valence-corrected chi connectivity index (χ3v) is 2.92. The van der Waals surface area contributed by atoms with Crippen LogP contribution in [0.5, 0.6) is 0 Å². The molecule has 0 aromatic carbocycles. The van der Waals surface area contributed by atoms with Crippen LogP contribution in [0.2, 0.25) is 0 Å². The number of nitrogens with two attached hydrogens (primary N) is 2. The van der Waals surface area contributed by atoms with Gasteiger partial charge in [-0.3, -0.25) is 14.7 Å². The number of pyridine rings is 1. The fraction of sp³-hybridized carbons (Fsp3) is 0.188. The summed E-state index contributed by atoms with van der Waals surface area (Å²) in [4.78, 5) is 28.9. The Morgan fingerprint density at radius 3 is 2.77 bits per heavy atom. The number of anilines is 1. The lowest BCUT2D eigenvalue weighted by Gasteiger charge is -2.16. The molecule has 6 heteroatoms. The van der Waals surface area contributed by atoms with Gasteiger partial charge in [-0.15, -0.1) is 6.58 Å². The fourth-order valence-corrected chi connectivity index (χ4v) is 1.79. The molecular weight excluding hydrogens is 280 g/mol. The van der Waals surface area contributed by atoms with Crippen LogP contribution in [0.3, 0.4) is 0 Å². The molecule has 0 radical (unpaired) electrons. The highest BCUT2D eigenvalue weighted by Crippen LogP contribution is 2.20. The zero-order valence-corrected chi connectivity index (χ0v) is 12.5. The van der Waals surface area contributed by atoms with E-state index in [2.05, 4.69) is 11.6 Å². The highest BCUT2D eigenvalue weighted by Gasteiger charge is 2.16. The van der Waals surface area contributed by atoms with E-state index < -0.39 is 6.03 Å². The third kappa shape index (κ3) is 4.68. The van der Waals surface area contributed by atoms with Crippen molar-refractivity contribution in [2.75, 3.05) is 18.5 Å². The number of nitrogens with zero attached hydrogens (tertiary/aromatic N) is 2. The van der Waals surface area contributed by atoms with E-state index in [1.165, 1.54) is 30.4 Å². The van der Waals surface area contributed by atoms with Gasteiger partial charge in [0.25, 0.3) is 0 Å². The van der Waals surface area contributed by atoms with Crippen molar-refractivity contribution in [3.8, 4) is 0 Å². The lowest BCUT2D eigenvalue weighted by molar-refractivity contribution is 0.104. The number of hydrogen-bond donors (Lipinski definition) is 2. The van der Waals surface area contributed by atoms with Crippen molar-refractivity contribution in [2.24, 2.45) is 11.5 Å². The standard InChI is InChI=1S/C16H20N4O2/c1-3-5-12(6-4-8-17)10-15(21)13-7-9-19-11-14(13)20(2)16(18)22/h3-4,6-7,9-11H,1,5,8,17H2,2H3,(H2,18,22)/b6-4-,12-10?. The lowest BCUT2D eigenvalue weighted by atomic mass is 10.0. The minimum atomic E-state index is -0.666. The molecule has 1 heterocycles. The molecule has 0 bridgehead atoms. The fourth-order valence-electron chi connectivity index (χ4n) is 1.79. The van der Waals surface area contributed by atoms with Crippen LogP contribution >= 0.6 is 0 Å². The molecule has 1 rings (SSSR count). The molecule has 6 nitrogen and oxygen atoms in total. The summed E-state index contributed by atoms with van der Waals surface area (Å²) < 4.78 is 0. The van der Waals surface area contributed by atoms with Crippen molar-refractivity contribution in [3.63, 3.8) is 0 Å².